The number of rotatable bonds is 4. The molecule has 4 heteroatoms. The lowest BCUT2D eigenvalue weighted by Gasteiger charge is -2.38. The molecule has 27 heavy (non-hydrogen) atoms. The van der Waals surface area contributed by atoms with Gasteiger partial charge in [-0.2, -0.15) is 0 Å². The fourth-order valence-electron chi connectivity index (χ4n) is 4.32. The van der Waals surface area contributed by atoms with Gasteiger partial charge in [0.15, 0.2) is 0 Å². The molecule has 3 N–H and O–H groups in total. The van der Waals surface area contributed by atoms with E-state index in [1.54, 1.807) is 0 Å². The summed E-state index contributed by atoms with van der Waals surface area (Å²) in [7, 11) is 0. The van der Waals surface area contributed by atoms with Gasteiger partial charge in [0, 0.05) is 29.2 Å². The average molecular weight is 361 g/mol. The summed E-state index contributed by atoms with van der Waals surface area (Å²) >= 11 is 0. The monoisotopic (exact) mass is 361 g/mol. The number of nitrogens with one attached hydrogen (secondary N) is 3. The van der Waals surface area contributed by atoms with Gasteiger partial charge in [-0.15, -0.1) is 0 Å². The van der Waals surface area contributed by atoms with Crippen molar-refractivity contribution in [2.24, 2.45) is 0 Å². The third-order valence-electron chi connectivity index (χ3n) is 5.51. The Balaban J connectivity index is 1.49. The number of amides is 1. The fourth-order valence-corrected chi connectivity index (χ4v) is 4.32. The molecule has 3 aromatic rings. The van der Waals surface area contributed by atoms with Gasteiger partial charge in [-0.25, -0.2) is 0 Å². The number of carbonyl (C=O) groups is 1. The van der Waals surface area contributed by atoms with Crippen LogP contribution in [0, 0.1) is 0 Å². The zero-order valence-electron chi connectivity index (χ0n) is 16.2. The van der Waals surface area contributed by atoms with Gasteiger partial charge in [-0.3, -0.25) is 4.79 Å². The van der Waals surface area contributed by atoms with E-state index >= 15 is 0 Å². The molecule has 0 saturated carbocycles. The van der Waals surface area contributed by atoms with Crippen molar-refractivity contribution in [1.29, 1.82) is 0 Å². The van der Waals surface area contributed by atoms with E-state index in [-0.39, 0.29) is 11.4 Å². The summed E-state index contributed by atoms with van der Waals surface area (Å²) in [4.78, 5) is 16.2. The Morgan fingerprint density at radius 3 is 2.85 bits per heavy atom. The lowest BCUT2D eigenvalue weighted by Crippen LogP contribution is -2.38. The first-order valence-corrected chi connectivity index (χ1v) is 9.69. The molecular weight excluding hydrogens is 334 g/mol. The average Bonchev–Trinajstić information content (AvgIpc) is 3.03. The predicted octanol–water partition coefficient (Wildman–Crippen LogP) is 4.84. The number of hydrogen-bond acceptors (Lipinski definition) is 2. The highest BCUT2D eigenvalue weighted by atomic mass is 16.1. The highest BCUT2D eigenvalue weighted by Gasteiger charge is 2.31. The normalized spacial score (nSPS) is 18.0. The minimum Gasteiger partial charge on any atom is -0.379 e. The third kappa shape index (κ3) is 3.44. The zero-order chi connectivity index (χ0) is 19.0. The summed E-state index contributed by atoms with van der Waals surface area (Å²) in [5.74, 6) is 0.430. The molecular formula is C23H27N3O. The van der Waals surface area contributed by atoms with Crippen LogP contribution in [0.1, 0.15) is 54.6 Å². The van der Waals surface area contributed by atoms with Crippen LogP contribution < -0.4 is 10.6 Å². The molecule has 1 aliphatic heterocycles. The lowest BCUT2D eigenvalue weighted by molar-refractivity contribution is 0.0954. The van der Waals surface area contributed by atoms with Crippen molar-refractivity contribution in [3.8, 4) is 0 Å². The second kappa shape index (κ2) is 6.76. The molecule has 0 saturated heterocycles. The Labute approximate surface area is 160 Å². The van der Waals surface area contributed by atoms with Crippen molar-refractivity contribution < 1.29 is 4.79 Å². The van der Waals surface area contributed by atoms with Crippen LogP contribution in [0.2, 0.25) is 0 Å². The molecule has 0 fully saturated rings. The van der Waals surface area contributed by atoms with Crippen LogP contribution in [0.5, 0.6) is 0 Å². The van der Waals surface area contributed by atoms with E-state index < -0.39 is 0 Å². The fraction of sp³-hybridized carbons (Fsp3) is 0.348. The molecule has 4 nitrogen and oxygen atoms in total. The highest BCUT2D eigenvalue weighted by Crippen LogP contribution is 2.40. The van der Waals surface area contributed by atoms with Crippen molar-refractivity contribution in [3.05, 3.63) is 65.4 Å². The molecule has 2 heterocycles. The standard InChI is InChI=1S/C23H27N3O/c1-15-13-23(2,3)26-21-17(15)8-6-9-19(21)22(27)24-12-11-16-14-25-20-10-5-4-7-18(16)20/h4-10,14-15,25-26H,11-13H2,1-3H3,(H,24,27). The summed E-state index contributed by atoms with van der Waals surface area (Å²) in [6, 6.07) is 14.3. The van der Waals surface area contributed by atoms with Crippen molar-refractivity contribution in [2.75, 3.05) is 11.9 Å². The Morgan fingerprint density at radius 1 is 1.19 bits per heavy atom. The lowest BCUT2D eigenvalue weighted by atomic mass is 9.81. The Kier molecular flexibility index (Phi) is 4.42. The van der Waals surface area contributed by atoms with Crippen molar-refractivity contribution >= 4 is 22.5 Å². The second-order valence-corrected chi connectivity index (χ2v) is 8.25. The first kappa shape index (κ1) is 17.7. The number of para-hydroxylation sites is 2. The highest BCUT2D eigenvalue weighted by molar-refractivity contribution is 6.00. The molecule has 1 aromatic heterocycles. The molecule has 1 unspecified atom stereocenters. The maximum Gasteiger partial charge on any atom is 0.253 e. The van der Waals surface area contributed by atoms with E-state index in [2.05, 4.69) is 54.6 Å². The molecule has 2 aromatic carbocycles. The topological polar surface area (TPSA) is 56.9 Å². The van der Waals surface area contributed by atoms with Gasteiger partial charge in [-0.1, -0.05) is 37.3 Å². The van der Waals surface area contributed by atoms with Gasteiger partial charge >= 0.3 is 0 Å². The zero-order valence-corrected chi connectivity index (χ0v) is 16.2. The third-order valence-corrected chi connectivity index (χ3v) is 5.51. The molecule has 4 rings (SSSR count). The minimum atomic E-state index is -0.0101. The number of carbonyl (C=O) groups excluding carboxylic acids is 1. The minimum absolute atomic E-state index is 0.00710. The van der Waals surface area contributed by atoms with Crippen LogP contribution in [0.25, 0.3) is 10.9 Å². The van der Waals surface area contributed by atoms with E-state index in [0.29, 0.717) is 12.5 Å². The SMILES string of the molecule is CC1CC(C)(C)Nc2c(C(=O)NCCc3c[nH]c4ccccc34)cccc21. The molecule has 1 amide bonds. The number of hydrogen-bond donors (Lipinski definition) is 3. The Hall–Kier alpha value is -2.75. The van der Waals surface area contributed by atoms with Crippen LogP contribution in [0.4, 0.5) is 5.69 Å². The first-order chi connectivity index (χ1) is 12.9. The first-order valence-electron chi connectivity index (χ1n) is 9.69. The van der Waals surface area contributed by atoms with Gasteiger partial charge in [0.2, 0.25) is 0 Å². The summed E-state index contributed by atoms with van der Waals surface area (Å²) in [5.41, 5.74) is 5.33. The molecule has 1 atom stereocenters. The summed E-state index contributed by atoms with van der Waals surface area (Å²) in [6.45, 7) is 7.24. The van der Waals surface area contributed by atoms with Gasteiger partial charge in [0.1, 0.15) is 0 Å². The summed E-state index contributed by atoms with van der Waals surface area (Å²) in [6.07, 6.45) is 3.90. The molecule has 0 bridgehead atoms. The molecule has 0 radical (unpaired) electrons. The number of anilines is 1. The molecule has 0 spiro atoms. The van der Waals surface area contributed by atoms with Gasteiger partial charge in [0.25, 0.3) is 5.91 Å². The van der Waals surface area contributed by atoms with Crippen molar-refractivity contribution in [3.63, 3.8) is 0 Å². The summed E-state index contributed by atoms with van der Waals surface area (Å²) in [5, 5.41) is 7.90. The quantitative estimate of drug-likeness (QED) is 0.623. The van der Waals surface area contributed by atoms with Crippen LogP contribution in [-0.4, -0.2) is 23.0 Å². The Bertz CT molecular complexity index is 986. The van der Waals surface area contributed by atoms with Gasteiger partial charge < -0.3 is 15.6 Å². The second-order valence-electron chi connectivity index (χ2n) is 8.25. The Morgan fingerprint density at radius 2 is 2.00 bits per heavy atom. The van der Waals surface area contributed by atoms with Crippen LogP contribution >= 0.6 is 0 Å². The van der Waals surface area contributed by atoms with Crippen molar-refractivity contribution in [2.45, 2.75) is 45.1 Å². The molecule has 0 aliphatic carbocycles. The molecule has 1 aliphatic rings. The number of benzene rings is 2. The van der Waals surface area contributed by atoms with Crippen molar-refractivity contribution in [1.82, 2.24) is 10.3 Å². The van der Waals surface area contributed by atoms with E-state index in [1.807, 2.05) is 30.5 Å². The van der Waals surface area contributed by atoms with Crippen LogP contribution in [0.15, 0.2) is 48.7 Å². The number of fused-ring (bicyclic) bond motifs is 2. The largest absolute Gasteiger partial charge is 0.379 e. The maximum absolute atomic E-state index is 12.9. The predicted molar refractivity (Wildman–Crippen MR) is 112 cm³/mol. The van der Waals surface area contributed by atoms with Crippen LogP contribution in [0.3, 0.4) is 0 Å². The van der Waals surface area contributed by atoms with Gasteiger partial charge in [-0.05, 0) is 55.9 Å². The van der Waals surface area contributed by atoms with E-state index in [1.165, 1.54) is 16.5 Å². The maximum atomic E-state index is 12.9. The van der Waals surface area contributed by atoms with E-state index in [4.69, 9.17) is 0 Å². The number of H-pyrrole nitrogens is 1. The number of aromatic amines is 1. The number of aromatic nitrogens is 1. The van der Waals surface area contributed by atoms with E-state index in [9.17, 15) is 4.79 Å². The van der Waals surface area contributed by atoms with Gasteiger partial charge in [0.05, 0.1) is 11.3 Å². The van der Waals surface area contributed by atoms with E-state index in [0.717, 1.165) is 29.6 Å². The van der Waals surface area contributed by atoms with Crippen LogP contribution in [-0.2, 0) is 6.42 Å². The molecule has 140 valence electrons. The smallest absolute Gasteiger partial charge is 0.253 e. The summed E-state index contributed by atoms with van der Waals surface area (Å²) < 4.78 is 0.